The first-order valence-electron chi connectivity index (χ1n) is 1.78. The first kappa shape index (κ1) is 6.53. The summed E-state index contributed by atoms with van der Waals surface area (Å²) in [6, 6.07) is 0. The summed E-state index contributed by atoms with van der Waals surface area (Å²) < 4.78 is 33.3. The number of alkyl halides is 2. The number of hydrogen-bond donors (Lipinski definition) is 0. The summed E-state index contributed by atoms with van der Waals surface area (Å²) in [6.45, 7) is -1.15. The van der Waals surface area contributed by atoms with Gasteiger partial charge in [0, 0.05) is 0 Å². The van der Waals surface area contributed by atoms with Gasteiger partial charge in [-0.15, -0.1) is 0 Å². The Bertz CT molecular complexity index is 60.0. The second-order valence-corrected chi connectivity index (χ2v) is 0.989. The predicted molar refractivity (Wildman–Crippen MR) is 21.1 cm³/mol. The van der Waals surface area contributed by atoms with Crippen LogP contribution in [0.25, 0.3) is 0 Å². The van der Waals surface area contributed by atoms with Gasteiger partial charge < -0.3 is 0 Å². The third kappa shape index (κ3) is 3.36. The Morgan fingerprint density at radius 2 is 2.14 bits per heavy atom. The molecule has 0 spiro atoms. The summed E-state index contributed by atoms with van der Waals surface area (Å²) in [7, 11) is 0. The van der Waals surface area contributed by atoms with E-state index in [2.05, 4.69) is 0 Å². The van der Waals surface area contributed by atoms with E-state index >= 15 is 0 Å². The Morgan fingerprint density at radius 1 is 1.57 bits per heavy atom. The van der Waals surface area contributed by atoms with Gasteiger partial charge in [0.2, 0.25) is 0 Å². The Balaban J connectivity index is 3.16. The van der Waals surface area contributed by atoms with Crippen LogP contribution in [0.5, 0.6) is 0 Å². The van der Waals surface area contributed by atoms with E-state index in [1.807, 2.05) is 0 Å². The summed E-state index contributed by atoms with van der Waals surface area (Å²) in [6.07, 6.45) is -1.27. The molecule has 0 aromatic carbocycles. The lowest BCUT2D eigenvalue weighted by atomic mass is 10.4. The summed E-state index contributed by atoms with van der Waals surface area (Å²) in [5, 5.41) is 0. The molecule has 0 aromatic heterocycles. The Hall–Kier alpha value is -0.470. The van der Waals surface area contributed by atoms with Gasteiger partial charge in [-0.3, -0.25) is 0 Å². The van der Waals surface area contributed by atoms with Gasteiger partial charge in [0.15, 0.2) is 0 Å². The molecule has 0 heterocycles. The molecule has 0 amide bonds. The van der Waals surface area contributed by atoms with Crippen LogP contribution < -0.4 is 0 Å². The molecule has 0 N–H and O–H groups in total. The van der Waals surface area contributed by atoms with Gasteiger partial charge in [-0.1, -0.05) is 0 Å². The summed E-state index contributed by atoms with van der Waals surface area (Å²) in [5.74, 6) is 0. The molecule has 7 heavy (non-hydrogen) atoms. The topological polar surface area (TPSA) is 0 Å². The molecule has 0 aliphatic carbocycles. The molecular weight excluding hydrogens is 105 g/mol. The quantitative estimate of drug-likeness (QED) is 0.508. The maximum Gasteiger partial charge on any atom is 0.149 e. The molecule has 0 saturated carbocycles. The first-order valence-corrected chi connectivity index (χ1v) is 1.78. The molecule has 3 heteroatoms. The van der Waals surface area contributed by atoms with Crippen LogP contribution in [-0.4, -0.2) is 12.8 Å². The van der Waals surface area contributed by atoms with E-state index in [0.29, 0.717) is 6.08 Å². The SMILES string of the molecule is F/C=C/C(F)CF. The minimum Gasteiger partial charge on any atom is -0.248 e. The molecule has 1 unspecified atom stereocenters. The molecule has 0 nitrogen and oxygen atoms in total. The molecule has 0 aliphatic heterocycles. The van der Waals surface area contributed by atoms with E-state index in [4.69, 9.17) is 0 Å². The van der Waals surface area contributed by atoms with Crippen molar-refractivity contribution in [1.29, 1.82) is 0 Å². The standard InChI is InChI=1S/C4H5F3/c5-2-1-4(7)3-6/h1-2,4H,3H2/b2-1+. The molecule has 0 rings (SSSR count). The van der Waals surface area contributed by atoms with Crippen LogP contribution >= 0.6 is 0 Å². The van der Waals surface area contributed by atoms with Crippen LogP contribution in [0.2, 0.25) is 0 Å². The highest BCUT2D eigenvalue weighted by molar-refractivity contribution is 4.81. The maximum atomic E-state index is 11.4. The average Bonchev–Trinajstić information content (AvgIpc) is 1.68. The van der Waals surface area contributed by atoms with Crippen molar-refractivity contribution in [2.24, 2.45) is 0 Å². The molecule has 0 aromatic rings. The summed E-state index contributed by atoms with van der Waals surface area (Å²) in [5.41, 5.74) is 0. The maximum absolute atomic E-state index is 11.4. The zero-order chi connectivity index (χ0) is 5.70. The van der Waals surface area contributed by atoms with Gasteiger partial charge in [0.05, 0.1) is 6.33 Å². The number of halogens is 3. The number of allylic oxidation sites excluding steroid dienone is 1. The van der Waals surface area contributed by atoms with Crippen LogP contribution in [0.4, 0.5) is 13.2 Å². The van der Waals surface area contributed by atoms with Crippen LogP contribution in [0.3, 0.4) is 0 Å². The minimum atomic E-state index is -1.77. The summed E-state index contributed by atoms with van der Waals surface area (Å²) >= 11 is 0. The lowest BCUT2D eigenvalue weighted by molar-refractivity contribution is 0.308. The largest absolute Gasteiger partial charge is 0.248 e. The third-order valence-corrected chi connectivity index (χ3v) is 0.429. The first-order chi connectivity index (χ1) is 3.31. The van der Waals surface area contributed by atoms with Crippen molar-refractivity contribution in [3.8, 4) is 0 Å². The fraction of sp³-hybridized carbons (Fsp3) is 0.500. The lowest BCUT2D eigenvalue weighted by Crippen LogP contribution is -1.94. The van der Waals surface area contributed by atoms with Crippen molar-refractivity contribution in [2.75, 3.05) is 6.67 Å². The van der Waals surface area contributed by atoms with Crippen molar-refractivity contribution in [3.05, 3.63) is 12.4 Å². The lowest BCUT2D eigenvalue weighted by Gasteiger charge is -1.87. The van der Waals surface area contributed by atoms with Crippen molar-refractivity contribution in [1.82, 2.24) is 0 Å². The third-order valence-electron chi connectivity index (χ3n) is 0.429. The highest BCUT2D eigenvalue weighted by Crippen LogP contribution is 1.92. The monoisotopic (exact) mass is 110 g/mol. The second kappa shape index (κ2) is 3.71. The van der Waals surface area contributed by atoms with E-state index in [9.17, 15) is 13.2 Å². The van der Waals surface area contributed by atoms with Crippen molar-refractivity contribution in [2.45, 2.75) is 6.17 Å². The number of rotatable bonds is 2. The van der Waals surface area contributed by atoms with Gasteiger partial charge in [-0.25, -0.2) is 13.2 Å². The van der Waals surface area contributed by atoms with Crippen LogP contribution in [0.1, 0.15) is 0 Å². The zero-order valence-corrected chi connectivity index (χ0v) is 3.57. The van der Waals surface area contributed by atoms with Gasteiger partial charge in [0.25, 0.3) is 0 Å². The second-order valence-electron chi connectivity index (χ2n) is 0.989. The molecule has 0 aliphatic rings. The minimum absolute atomic E-state index is 0.00968. The molecule has 1 atom stereocenters. The van der Waals surface area contributed by atoms with Crippen LogP contribution in [0.15, 0.2) is 12.4 Å². The Kier molecular flexibility index (Phi) is 3.46. The van der Waals surface area contributed by atoms with E-state index in [1.165, 1.54) is 0 Å². The molecule has 0 fully saturated rings. The highest BCUT2D eigenvalue weighted by atomic mass is 19.2. The van der Waals surface area contributed by atoms with Gasteiger partial charge in [0.1, 0.15) is 12.8 Å². The van der Waals surface area contributed by atoms with Gasteiger partial charge >= 0.3 is 0 Å². The fourth-order valence-corrected chi connectivity index (χ4v) is 0.130. The van der Waals surface area contributed by atoms with Crippen molar-refractivity contribution < 1.29 is 13.2 Å². The zero-order valence-electron chi connectivity index (χ0n) is 3.57. The van der Waals surface area contributed by atoms with Crippen molar-refractivity contribution >= 4 is 0 Å². The van der Waals surface area contributed by atoms with E-state index < -0.39 is 12.8 Å². The summed E-state index contributed by atoms with van der Waals surface area (Å²) in [4.78, 5) is 0. The smallest absolute Gasteiger partial charge is 0.149 e. The molecule has 42 valence electrons. The fourth-order valence-electron chi connectivity index (χ4n) is 0.130. The predicted octanol–water partition coefficient (Wildman–Crippen LogP) is 1.78. The normalized spacial score (nSPS) is 15.3. The molecule has 0 bridgehead atoms. The average molecular weight is 110 g/mol. The molecular formula is C4H5F3. The Labute approximate surface area is 39.6 Å². The highest BCUT2D eigenvalue weighted by Gasteiger charge is 1.95. The van der Waals surface area contributed by atoms with Gasteiger partial charge in [-0.2, -0.15) is 0 Å². The van der Waals surface area contributed by atoms with E-state index in [-0.39, 0.29) is 6.33 Å². The van der Waals surface area contributed by atoms with Gasteiger partial charge in [-0.05, 0) is 6.08 Å². The van der Waals surface area contributed by atoms with Crippen LogP contribution in [0, 0.1) is 0 Å². The Morgan fingerprint density at radius 3 is 2.29 bits per heavy atom. The van der Waals surface area contributed by atoms with E-state index in [0.717, 1.165) is 0 Å². The molecule has 0 saturated heterocycles. The number of hydrogen-bond acceptors (Lipinski definition) is 0. The van der Waals surface area contributed by atoms with Crippen LogP contribution in [-0.2, 0) is 0 Å². The molecule has 0 radical (unpaired) electrons. The van der Waals surface area contributed by atoms with Crippen molar-refractivity contribution in [3.63, 3.8) is 0 Å². The van der Waals surface area contributed by atoms with E-state index in [1.54, 1.807) is 0 Å².